The molecule has 0 aliphatic carbocycles. The average Bonchev–Trinajstić information content (AvgIpc) is 2.54. The molecular weight excluding hydrogens is 468 g/mol. The van der Waals surface area contributed by atoms with Gasteiger partial charge in [-0.15, -0.1) is 0 Å². The van der Waals surface area contributed by atoms with Crippen molar-refractivity contribution < 1.29 is 4.74 Å². The predicted molar refractivity (Wildman–Crippen MR) is 103 cm³/mol. The minimum atomic E-state index is 0.00807. The summed E-state index contributed by atoms with van der Waals surface area (Å²) < 4.78 is 5.67. The zero-order valence-corrected chi connectivity index (χ0v) is 17.5. The highest BCUT2D eigenvalue weighted by Crippen LogP contribution is 2.52. The fraction of sp³-hybridized carbons (Fsp3) is 0.143. The Morgan fingerprint density at radius 1 is 0.435 bits per heavy atom. The maximum Gasteiger partial charge on any atom is 0.167 e. The van der Waals surface area contributed by atoms with Gasteiger partial charge in [-0.25, -0.2) is 0 Å². The largest absolute Gasteiger partial charge is 0.451 e. The van der Waals surface area contributed by atoms with Crippen LogP contribution in [0.5, 0.6) is 11.5 Å². The van der Waals surface area contributed by atoms with Gasteiger partial charge in [0.15, 0.2) is 11.5 Å². The predicted octanol–water partition coefficient (Wildman–Crippen LogP) is 9.32. The van der Waals surface area contributed by atoms with E-state index < -0.39 is 0 Å². The molecule has 0 aliphatic heterocycles. The lowest BCUT2D eigenvalue weighted by atomic mass is 10.2. The van der Waals surface area contributed by atoms with Crippen molar-refractivity contribution in [3.63, 3.8) is 0 Å². The molecule has 23 heavy (non-hydrogen) atoms. The van der Waals surface area contributed by atoms with Crippen molar-refractivity contribution in [2.45, 2.75) is 13.8 Å². The minimum absolute atomic E-state index is 0.00807. The van der Waals surface area contributed by atoms with Crippen molar-refractivity contribution in [1.29, 1.82) is 0 Å². The molecule has 0 heterocycles. The van der Waals surface area contributed by atoms with Crippen LogP contribution in [-0.4, -0.2) is 0 Å². The van der Waals surface area contributed by atoms with Crippen LogP contribution in [-0.2, 0) is 0 Å². The third-order valence-corrected chi connectivity index (χ3v) is 6.81. The van der Waals surface area contributed by atoms with Crippen LogP contribution in [0.2, 0.25) is 40.2 Å². The number of ether oxygens (including phenoxy) is 1. The molecule has 124 valence electrons. The van der Waals surface area contributed by atoms with Crippen LogP contribution in [0.1, 0.15) is 11.1 Å². The Bertz CT molecular complexity index is 690. The SMILES string of the molecule is Cc1c(Cl)c(Cl)c(Oc2c(Cl)c(Cl)c(C)c(Cl)c2Cl)c(Cl)c1Cl. The summed E-state index contributed by atoms with van der Waals surface area (Å²) >= 11 is 49.2. The lowest BCUT2D eigenvalue weighted by molar-refractivity contribution is 0.483. The third kappa shape index (κ3) is 3.45. The summed E-state index contributed by atoms with van der Waals surface area (Å²) in [5.74, 6) is 0.0161. The Kier molecular flexibility index (Phi) is 6.42. The van der Waals surface area contributed by atoms with Gasteiger partial charge in [0.2, 0.25) is 0 Å². The van der Waals surface area contributed by atoms with E-state index in [1.54, 1.807) is 13.8 Å². The molecule has 0 radical (unpaired) electrons. The molecule has 0 amide bonds. The number of hydrogen-bond donors (Lipinski definition) is 0. The van der Waals surface area contributed by atoms with Crippen molar-refractivity contribution >= 4 is 92.8 Å². The molecule has 9 heteroatoms. The van der Waals surface area contributed by atoms with Gasteiger partial charge in [0.25, 0.3) is 0 Å². The Hall–Kier alpha value is 0.560. The molecule has 2 rings (SSSR count). The average molecular weight is 474 g/mol. The van der Waals surface area contributed by atoms with Crippen LogP contribution < -0.4 is 4.74 Å². The highest BCUT2D eigenvalue weighted by atomic mass is 35.5. The molecule has 0 spiro atoms. The summed E-state index contributed by atoms with van der Waals surface area (Å²) in [6.45, 7) is 3.34. The van der Waals surface area contributed by atoms with Gasteiger partial charge < -0.3 is 4.74 Å². The first-order chi connectivity index (χ1) is 10.6. The van der Waals surface area contributed by atoms with E-state index in [4.69, 9.17) is 97.5 Å². The quantitative estimate of drug-likeness (QED) is 0.395. The summed E-state index contributed by atoms with van der Waals surface area (Å²) in [6.07, 6.45) is 0. The van der Waals surface area contributed by atoms with Crippen LogP contribution >= 0.6 is 92.8 Å². The fourth-order valence-corrected chi connectivity index (χ4v) is 3.74. The van der Waals surface area contributed by atoms with Gasteiger partial charge in [-0.1, -0.05) is 92.8 Å². The number of rotatable bonds is 2. The first-order valence-corrected chi connectivity index (χ1v) is 8.94. The van der Waals surface area contributed by atoms with Crippen molar-refractivity contribution in [2.24, 2.45) is 0 Å². The Morgan fingerprint density at radius 2 is 0.652 bits per heavy atom. The zero-order valence-electron chi connectivity index (χ0n) is 11.4. The van der Waals surface area contributed by atoms with Crippen LogP contribution in [0, 0.1) is 13.8 Å². The maximum absolute atomic E-state index is 6.19. The monoisotopic (exact) mass is 470 g/mol. The summed E-state index contributed by atoms with van der Waals surface area (Å²) in [4.78, 5) is 0. The Morgan fingerprint density at radius 3 is 0.870 bits per heavy atom. The van der Waals surface area contributed by atoms with Gasteiger partial charge in [0.1, 0.15) is 20.1 Å². The lowest BCUT2D eigenvalue weighted by Gasteiger charge is -2.18. The van der Waals surface area contributed by atoms with Gasteiger partial charge in [0, 0.05) is 0 Å². The van der Waals surface area contributed by atoms with Crippen LogP contribution in [0.15, 0.2) is 0 Å². The van der Waals surface area contributed by atoms with Gasteiger partial charge in [-0.05, 0) is 25.0 Å². The highest BCUT2D eigenvalue weighted by Gasteiger charge is 2.24. The molecule has 0 aliphatic rings. The highest BCUT2D eigenvalue weighted by molar-refractivity contribution is 6.51. The summed E-state index contributed by atoms with van der Waals surface area (Å²) in [7, 11) is 0. The second kappa shape index (κ2) is 7.43. The van der Waals surface area contributed by atoms with E-state index in [1.165, 1.54) is 0 Å². The van der Waals surface area contributed by atoms with Crippen molar-refractivity contribution in [3.8, 4) is 11.5 Å². The van der Waals surface area contributed by atoms with Crippen molar-refractivity contribution in [3.05, 3.63) is 51.3 Å². The van der Waals surface area contributed by atoms with Crippen molar-refractivity contribution in [2.75, 3.05) is 0 Å². The third-order valence-electron chi connectivity index (χ3n) is 3.09. The Balaban J connectivity index is 2.71. The molecule has 0 atom stereocenters. The molecule has 0 bridgehead atoms. The van der Waals surface area contributed by atoms with Crippen LogP contribution in [0.3, 0.4) is 0 Å². The first-order valence-electron chi connectivity index (χ1n) is 5.92. The van der Waals surface area contributed by atoms with E-state index in [9.17, 15) is 0 Å². The molecule has 2 aromatic carbocycles. The zero-order chi connectivity index (χ0) is 17.6. The molecule has 1 nitrogen and oxygen atoms in total. The molecule has 0 N–H and O–H groups in total. The van der Waals surface area contributed by atoms with E-state index in [1.807, 2.05) is 0 Å². The molecular formula is C14H6Cl8O. The standard InChI is InChI=1S/C14H6Cl8O/c1-3-5(15)9(19)13(10(20)6(3)16)23-14-11(21)7(17)4(2)8(18)12(14)22/h1-2H3. The van der Waals surface area contributed by atoms with Crippen LogP contribution in [0.25, 0.3) is 0 Å². The molecule has 0 saturated carbocycles. The van der Waals surface area contributed by atoms with E-state index >= 15 is 0 Å². The molecule has 0 unspecified atom stereocenters. The fourth-order valence-electron chi connectivity index (χ4n) is 1.72. The second-order valence-corrected chi connectivity index (χ2v) is 7.55. The van der Waals surface area contributed by atoms with E-state index in [2.05, 4.69) is 0 Å². The van der Waals surface area contributed by atoms with Crippen molar-refractivity contribution in [1.82, 2.24) is 0 Å². The summed E-state index contributed by atoms with van der Waals surface area (Å²) in [5.41, 5.74) is 1.04. The first kappa shape index (κ1) is 19.9. The van der Waals surface area contributed by atoms with Gasteiger partial charge >= 0.3 is 0 Å². The summed E-state index contributed by atoms with van der Waals surface area (Å²) in [5, 5.41) is 1.08. The lowest BCUT2D eigenvalue weighted by Crippen LogP contribution is -1.95. The number of halogens is 8. The summed E-state index contributed by atoms with van der Waals surface area (Å²) in [6, 6.07) is 0. The van der Waals surface area contributed by atoms with Gasteiger partial charge in [0.05, 0.1) is 20.1 Å². The minimum Gasteiger partial charge on any atom is -0.451 e. The molecule has 0 aromatic heterocycles. The van der Waals surface area contributed by atoms with E-state index in [-0.39, 0.29) is 51.7 Å². The van der Waals surface area contributed by atoms with E-state index in [0.29, 0.717) is 11.1 Å². The normalized spacial score (nSPS) is 11.0. The molecule has 2 aromatic rings. The number of hydrogen-bond acceptors (Lipinski definition) is 1. The van der Waals surface area contributed by atoms with E-state index in [0.717, 1.165) is 0 Å². The van der Waals surface area contributed by atoms with Gasteiger partial charge in [-0.3, -0.25) is 0 Å². The topological polar surface area (TPSA) is 9.23 Å². The Labute approximate surface area is 173 Å². The second-order valence-electron chi connectivity index (χ2n) is 4.52. The smallest absolute Gasteiger partial charge is 0.167 e. The molecule has 0 fully saturated rings. The maximum atomic E-state index is 6.19. The van der Waals surface area contributed by atoms with Crippen LogP contribution in [0.4, 0.5) is 0 Å². The van der Waals surface area contributed by atoms with Gasteiger partial charge in [-0.2, -0.15) is 0 Å². The molecule has 0 saturated heterocycles. The number of benzene rings is 2.